The lowest BCUT2D eigenvalue weighted by Gasteiger charge is -2.26. The third-order valence-electron chi connectivity index (χ3n) is 3.29. The van der Waals surface area contributed by atoms with Gasteiger partial charge >= 0.3 is 0 Å². The van der Waals surface area contributed by atoms with Crippen molar-refractivity contribution in [2.45, 2.75) is 32.9 Å². The van der Waals surface area contributed by atoms with Crippen LogP contribution in [0.2, 0.25) is 0 Å². The molecule has 0 fully saturated rings. The highest BCUT2D eigenvalue weighted by molar-refractivity contribution is 5.32. The van der Waals surface area contributed by atoms with Crippen LogP contribution in [0.5, 0.6) is 5.75 Å². The quantitative estimate of drug-likeness (QED) is 0.825. The minimum atomic E-state index is -0.337. The molecule has 0 aromatic heterocycles. The van der Waals surface area contributed by atoms with Gasteiger partial charge < -0.3 is 14.8 Å². The Kier molecular flexibility index (Phi) is 6.25. The fourth-order valence-electron chi connectivity index (χ4n) is 1.98. The van der Waals surface area contributed by atoms with Crippen molar-refractivity contribution in [2.24, 2.45) is 5.92 Å². The molecule has 0 radical (unpaired) electrons. The van der Waals surface area contributed by atoms with E-state index in [1.807, 2.05) is 0 Å². The third-order valence-corrected chi connectivity index (χ3v) is 3.29. The first-order valence-electron chi connectivity index (χ1n) is 6.58. The van der Waals surface area contributed by atoms with Crippen molar-refractivity contribution in [1.29, 1.82) is 0 Å². The van der Waals surface area contributed by atoms with Gasteiger partial charge in [-0.25, -0.2) is 4.39 Å². The van der Waals surface area contributed by atoms with Crippen molar-refractivity contribution in [3.05, 3.63) is 29.6 Å². The zero-order chi connectivity index (χ0) is 14.4. The van der Waals surface area contributed by atoms with Gasteiger partial charge in [-0.2, -0.15) is 0 Å². The van der Waals surface area contributed by atoms with Crippen LogP contribution in [-0.2, 0) is 4.74 Å². The molecule has 0 amide bonds. The average molecular weight is 269 g/mol. The summed E-state index contributed by atoms with van der Waals surface area (Å²) in [5.74, 6) is 0.402. The maximum absolute atomic E-state index is 13.4. The van der Waals surface area contributed by atoms with Gasteiger partial charge in [0, 0.05) is 19.2 Å². The second kappa shape index (κ2) is 7.46. The molecule has 19 heavy (non-hydrogen) atoms. The van der Waals surface area contributed by atoms with Crippen LogP contribution in [0.1, 0.15) is 32.4 Å². The normalized spacial score (nSPS) is 14.5. The van der Waals surface area contributed by atoms with E-state index in [9.17, 15) is 4.39 Å². The maximum atomic E-state index is 13.4. The summed E-state index contributed by atoms with van der Waals surface area (Å²) in [7, 11) is 3.17. The lowest BCUT2D eigenvalue weighted by Crippen LogP contribution is -2.39. The number of nitrogens with one attached hydrogen (secondary N) is 1. The molecule has 0 bridgehead atoms. The molecule has 108 valence electrons. The lowest BCUT2D eigenvalue weighted by molar-refractivity contribution is 0.141. The molecule has 2 atom stereocenters. The predicted molar refractivity (Wildman–Crippen MR) is 75.0 cm³/mol. The van der Waals surface area contributed by atoms with E-state index in [0.717, 1.165) is 5.56 Å². The molecule has 1 aromatic rings. The molecule has 0 saturated carbocycles. The number of hydrogen-bond acceptors (Lipinski definition) is 3. The molecule has 1 rings (SSSR count). The van der Waals surface area contributed by atoms with Crippen molar-refractivity contribution < 1.29 is 13.9 Å². The minimum absolute atomic E-state index is 0.108. The smallest absolute Gasteiger partial charge is 0.165 e. The number of ether oxygens (including phenoxy) is 2. The number of methoxy groups -OCH3 is 2. The van der Waals surface area contributed by atoms with Crippen molar-refractivity contribution in [3.63, 3.8) is 0 Å². The highest BCUT2D eigenvalue weighted by Gasteiger charge is 2.17. The Morgan fingerprint density at radius 1 is 1.21 bits per heavy atom. The highest BCUT2D eigenvalue weighted by Crippen LogP contribution is 2.23. The Morgan fingerprint density at radius 2 is 1.89 bits per heavy atom. The fourth-order valence-corrected chi connectivity index (χ4v) is 1.98. The van der Waals surface area contributed by atoms with E-state index in [4.69, 9.17) is 9.47 Å². The molecule has 0 aliphatic carbocycles. The van der Waals surface area contributed by atoms with Crippen LogP contribution >= 0.6 is 0 Å². The van der Waals surface area contributed by atoms with E-state index in [1.165, 1.54) is 13.2 Å². The first-order valence-corrected chi connectivity index (χ1v) is 6.58. The number of hydrogen-bond donors (Lipinski definition) is 1. The summed E-state index contributed by atoms with van der Waals surface area (Å²) in [5.41, 5.74) is 1.00. The van der Waals surface area contributed by atoms with Gasteiger partial charge in [-0.15, -0.1) is 0 Å². The van der Waals surface area contributed by atoms with Gasteiger partial charge in [0.25, 0.3) is 0 Å². The summed E-state index contributed by atoms with van der Waals surface area (Å²) in [6, 6.07) is 5.32. The Balaban J connectivity index is 2.78. The number of halogens is 1. The molecule has 2 unspecified atom stereocenters. The second-order valence-corrected chi connectivity index (χ2v) is 5.09. The van der Waals surface area contributed by atoms with Crippen LogP contribution in [0.4, 0.5) is 4.39 Å². The first kappa shape index (κ1) is 15.9. The molecule has 0 aliphatic rings. The van der Waals surface area contributed by atoms with Crippen molar-refractivity contribution in [3.8, 4) is 5.75 Å². The summed E-state index contributed by atoms with van der Waals surface area (Å²) in [6.07, 6.45) is 0. The van der Waals surface area contributed by atoms with Gasteiger partial charge in [0.2, 0.25) is 0 Å². The largest absolute Gasteiger partial charge is 0.494 e. The van der Waals surface area contributed by atoms with Gasteiger partial charge in [-0.3, -0.25) is 0 Å². The van der Waals surface area contributed by atoms with Gasteiger partial charge in [0.1, 0.15) is 0 Å². The molecule has 1 N–H and O–H groups in total. The first-order chi connectivity index (χ1) is 8.99. The van der Waals surface area contributed by atoms with E-state index in [0.29, 0.717) is 12.5 Å². The predicted octanol–water partition coefficient (Wildman–Crippen LogP) is 3.16. The Morgan fingerprint density at radius 3 is 2.42 bits per heavy atom. The summed E-state index contributed by atoms with van der Waals surface area (Å²) in [5, 5.41) is 3.50. The van der Waals surface area contributed by atoms with Crippen molar-refractivity contribution in [2.75, 3.05) is 20.8 Å². The van der Waals surface area contributed by atoms with Crippen LogP contribution in [0.25, 0.3) is 0 Å². The molecule has 0 spiro atoms. The minimum Gasteiger partial charge on any atom is -0.494 e. The van der Waals surface area contributed by atoms with Crippen LogP contribution < -0.4 is 10.1 Å². The Labute approximate surface area is 115 Å². The Bertz CT molecular complexity index is 396. The number of rotatable bonds is 7. The standard InChI is InChI=1S/C15H24FNO2/c1-10(2)14(9-18-4)17-11(3)12-6-7-13(16)15(8-12)19-5/h6-8,10-11,14,17H,9H2,1-5H3. The van der Waals surface area contributed by atoms with Crippen molar-refractivity contribution >= 4 is 0 Å². The molecule has 0 saturated heterocycles. The van der Waals surface area contributed by atoms with E-state index < -0.39 is 0 Å². The summed E-state index contributed by atoms with van der Waals surface area (Å²) >= 11 is 0. The van der Waals surface area contributed by atoms with Crippen LogP contribution in [0.3, 0.4) is 0 Å². The number of benzene rings is 1. The summed E-state index contributed by atoms with van der Waals surface area (Å²) in [4.78, 5) is 0. The van der Waals surface area contributed by atoms with E-state index in [1.54, 1.807) is 19.2 Å². The summed E-state index contributed by atoms with van der Waals surface area (Å²) in [6.45, 7) is 7.00. The SMILES string of the molecule is COCC(NC(C)c1ccc(F)c(OC)c1)C(C)C. The molecule has 4 heteroatoms. The lowest BCUT2D eigenvalue weighted by atomic mass is 10.0. The van der Waals surface area contributed by atoms with Crippen LogP contribution in [0, 0.1) is 11.7 Å². The molecule has 0 heterocycles. The summed E-state index contributed by atoms with van der Waals surface area (Å²) < 4.78 is 23.6. The van der Waals surface area contributed by atoms with E-state index >= 15 is 0 Å². The third kappa shape index (κ3) is 4.48. The van der Waals surface area contributed by atoms with Gasteiger partial charge in [-0.1, -0.05) is 19.9 Å². The monoisotopic (exact) mass is 269 g/mol. The fraction of sp³-hybridized carbons (Fsp3) is 0.600. The van der Waals surface area contributed by atoms with Gasteiger partial charge in [0.15, 0.2) is 11.6 Å². The van der Waals surface area contributed by atoms with Gasteiger partial charge in [0.05, 0.1) is 13.7 Å². The molecular weight excluding hydrogens is 245 g/mol. The van der Waals surface area contributed by atoms with E-state index in [-0.39, 0.29) is 23.7 Å². The zero-order valence-corrected chi connectivity index (χ0v) is 12.4. The maximum Gasteiger partial charge on any atom is 0.165 e. The zero-order valence-electron chi connectivity index (χ0n) is 12.4. The van der Waals surface area contributed by atoms with Crippen LogP contribution in [-0.4, -0.2) is 26.9 Å². The topological polar surface area (TPSA) is 30.5 Å². The van der Waals surface area contributed by atoms with E-state index in [2.05, 4.69) is 26.1 Å². The molecular formula is C15H24FNO2. The van der Waals surface area contributed by atoms with Gasteiger partial charge in [-0.05, 0) is 30.5 Å². The molecule has 0 aliphatic heterocycles. The van der Waals surface area contributed by atoms with Crippen molar-refractivity contribution in [1.82, 2.24) is 5.32 Å². The molecule has 1 aromatic carbocycles. The second-order valence-electron chi connectivity index (χ2n) is 5.09. The molecule has 3 nitrogen and oxygen atoms in total. The Hall–Kier alpha value is -1.13. The van der Waals surface area contributed by atoms with Crippen LogP contribution in [0.15, 0.2) is 18.2 Å². The highest BCUT2D eigenvalue weighted by atomic mass is 19.1. The average Bonchev–Trinajstić information content (AvgIpc) is 2.38.